The molecule has 2 amide bonds. The first-order chi connectivity index (χ1) is 17.0. The smallest absolute Gasteiger partial charge is 0.282 e. The van der Waals surface area contributed by atoms with Gasteiger partial charge < -0.3 is 14.2 Å². The number of amides is 2. The minimum Gasteiger partial charge on any atom is -0.490 e. The summed E-state index contributed by atoms with van der Waals surface area (Å²) in [5.41, 5.74) is 4.89. The molecule has 1 heterocycles. The molecule has 1 fully saturated rings. The molecule has 3 aromatic rings. The summed E-state index contributed by atoms with van der Waals surface area (Å²) in [6.45, 7) is 4.94. The third-order valence-corrected chi connectivity index (χ3v) is 5.82. The Bertz CT molecular complexity index is 1260. The number of hydrogen-bond donors (Lipinski definition) is 1. The lowest BCUT2D eigenvalue weighted by Gasteiger charge is -2.15. The van der Waals surface area contributed by atoms with Crippen LogP contribution in [0.15, 0.2) is 76.8 Å². The molecule has 3 aromatic carbocycles. The molecule has 0 aliphatic carbocycles. The summed E-state index contributed by atoms with van der Waals surface area (Å²) in [5.74, 6) is 0.933. The Balaban J connectivity index is 1.50. The number of ether oxygens (including phenoxy) is 3. The van der Waals surface area contributed by atoms with Gasteiger partial charge in [0.25, 0.3) is 11.8 Å². The lowest BCUT2D eigenvalue weighted by molar-refractivity contribution is -0.117. The normalized spacial score (nSPS) is 14.3. The van der Waals surface area contributed by atoms with Gasteiger partial charge in [-0.05, 0) is 77.3 Å². The number of hydrogen-bond acceptors (Lipinski definition) is 5. The second kappa shape index (κ2) is 11.1. The van der Waals surface area contributed by atoms with Crippen LogP contribution in [0.5, 0.6) is 17.2 Å². The van der Waals surface area contributed by atoms with Gasteiger partial charge in [-0.2, -0.15) is 0 Å². The standard InChI is InChI=1S/C27H25BrN2O5/c1-3-33-24-17-19(15-21-26(31)29-30(27(21)32)20-10-5-4-6-11-20)16-22(28)25(24)35-14-13-34-23-12-8-7-9-18(23)2/h4-12,15-17H,3,13-14H2,1-2H3,(H,29,31)/b21-15+. The van der Waals surface area contributed by atoms with Crippen LogP contribution in [-0.2, 0) is 9.59 Å². The summed E-state index contributed by atoms with van der Waals surface area (Å²) in [6, 6.07) is 20.2. The number of benzene rings is 3. The lowest BCUT2D eigenvalue weighted by Crippen LogP contribution is -2.35. The number of hydrazine groups is 1. The van der Waals surface area contributed by atoms with Crippen molar-refractivity contribution in [1.82, 2.24) is 5.43 Å². The van der Waals surface area contributed by atoms with Crippen LogP contribution in [0.1, 0.15) is 18.1 Å². The Morgan fingerprint density at radius 3 is 2.37 bits per heavy atom. The molecule has 0 spiro atoms. The van der Waals surface area contributed by atoms with E-state index in [0.29, 0.717) is 47.0 Å². The van der Waals surface area contributed by atoms with E-state index in [9.17, 15) is 9.59 Å². The van der Waals surface area contributed by atoms with Crippen LogP contribution in [0, 0.1) is 6.92 Å². The molecule has 1 N–H and O–H groups in total. The molecule has 1 aliphatic rings. The molecule has 1 saturated heterocycles. The highest BCUT2D eigenvalue weighted by Crippen LogP contribution is 2.38. The summed E-state index contributed by atoms with van der Waals surface area (Å²) < 4.78 is 18.2. The molecular formula is C27H25BrN2O5. The van der Waals surface area contributed by atoms with Gasteiger partial charge in [0.05, 0.1) is 16.8 Å². The highest BCUT2D eigenvalue weighted by atomic mass is 79.9. The largest absolute Gasteiger partial charge is 0.490 e. The fraction of sp³-hybridized carbons (Fsp3) is 0.185. The molecule has 0 unspecified atom stereocenters. The third kappa shape index (κ3) is 5.66. The van der Waals surface area contributed by atoms with Crippen molar-refractivity contribution in [1.29, 1.82) is 0 Å². The Morgan fingerprint density at radius 2 is 1.63 bits per heavy atom. The van der Waals surface area contributed by atoms with Crippen molar-refractivity contribution in [3.8, 4) is 17.2 Å². The van der Waals surface area contributed by atoms with E-state index in [2.05, 4.69) is 21.4 Å². The van der Waals surface area contributed by atoms with Crippen molar-refractivity contribution in [3.63, 3.8) is 0 Å². The van der Waals surface area contributed by atoms with Crippen molar-refractivity contribution >= 4 is 39.5 Å². The second-order valence-corrected chi connectivity index (χ2v) is 8.55. The van der Waals surface area contributed by atoms with Gasteiger partial charge in [0.2, 0.25) is 0 Å². The first kappa shape index (κ1) is 24.3. The second-order valence-electron chi connectivity index (χ2n) is 7.70. The fourth-order valence-corrected chi connectivity index (χ4v) is 4.15. The van der Waals surface area contributed by atoms with Crippen molar-refractivity contribution in [2.45, 2.75) is 13.8 Å². The van der Waals surface area contributed by atoms with E-state index < -0.39 is 11.8 Å². The molecule has 0 radical (unpaired) electrons. The molecule has 7 nitrogen and oxygen atoms in total. The number of aryl methyl sites for hydroxylation is 1. The zero-order valence-corrected chi connectivity index (χ0v) is 21.0. The first-order valence-electron chi connectivity index (χ1n) is 11.2. The van der Waals surface area contributed by atoms with Gasteiger partial charge in [-0.3, -0.25) is 15.0 Å². The van der Waals surface area contributed by atoms with Crippen LogP contribution >= 0.6 is 15.9 Å². The van der Waals surface area contributed by atoms with Crippen molar-refractivity contribution in [2.24, 2.45) is 0 Å². The van der Waals surface area contributed by atoms with Gasteiger partial charge in [-0.15, -0.1) is 0 Å². The van der Waals surface area contributed by atoms with Crippen molar-refractivity contribution < 1.29 is 23.8 Å². The van der Waals surface area contributed by atoms with Gasteiger partial charge in [0.15, 0.2) is 11.5 Å². The number of nitrogens with zero attached hydrogens (tertiary/aromatic N) is 1. The number of anilines is 1. The maximum atomic E-state index is 12.9. The summed E-state index contributed by atoms with van der Waals surface area (Å²) >= 11 is 3.53. The molecule has 0 bridgehead atoms. The number of carbonyl (C=O) groups is 2. The van der Waals surface area contributed by atoms with Crippen LogP contribution in [0.2, 0.25) is 0 Å². The van der Waals surface area contributed by atoms with Crippen LogP contribution in [0.4, 0.5) is 5.69 Å². The first-order valence-corrected chi connectivity index (χ1v) is 12.0. The van der Waals surface area contributed by atoms with E-state index in [0.717, 1.165) is 11.3 Å². The van der Waals surface area contributed by atoms with Crippen LogP contribution < -0.4 is 24.6 Å². The van der Waals surface area contributed by atoms with E-state index in [1.54, 1.807) is 42.5 Å². The number of para-hydroxylation sites is 2. The number of nitrogens with one attached hydrogen (secondary N) is 1. The summed E-state index contributed by atoms with van der Waals surface area (Å²) in [5, 5.41) is 1.23. The summed E-state index contributed by atoms with van der Waals surface area (Å²) in [4.78, 5) is 25.4. The lowest BCUT2D eigenvalue weighted by atomic mass is 10.1. The highest BCUT2D eigenvalue weighted by molar-refractivity contribution is 9.10. The fourth-order valence-electron chi connectivity index (χ4n) is 3.57. The molecule has 0 saturated carbocycles. The van der Waals surface area contributed by atoms with E-state index in [4.69, 9.17) is 14.2 Å². The van der Waals surface area contributed by atoms with Gasteiger partial charge in [0.1, 0.15) is 24.5 Å². The molecule has 8 heteroatoms. The highest BCUT2D eigenvalue weighted by Gasteiger charge is 2.34. The van der Waals surface area contributed by atoms with Crippen LogP contribution in [-0.4, -0.2) is 31.6 Å². The quantitative estimate of drug-likeness (QED) is 0.234. The Morgan fingerprint density at radius 1 is 0.914 bits per heavy atom. The summed E-state index contributed by atoms with van der Waals surface area (Å²) in [7, 11) is 0. The molecule has 180 valence electrons. The van der Waals surface area contributed by atoms with Gasteiger partial charge >= 0.3 is 0 Å². The van der Waals surface area contributed by atoms with Crippen LogP contribution in [0.3, 0.4) is 0 Å². The average molecular weight is 537 g/mol. The molecule has 35 heavy (non-hydrogen) atoms. The van der Waals surface area contributed by atoms with E-state index in [1.165, 1.54) is 5.01 Å². The molecule has 4 rings (SSSR count). The third-order valence-electron chi connectivity index (χ3n) is 5.23. The van der Waals surface area contributed by atoms with Gasteiger partial charge in [-0.1, -0.05) is 36.4 Å². The molecule has 0 aromatic heterocycles. The van der Waals surface area contributed by atoms with Gasteiger partial charge in [0, 0.05) is 0 Å². The molecule has 0 atom stereocenters. The Kier molecular flexibility index (Phi) is 7.72. The predicted molar refractivity (Wildman–Crippen MR) is 138 cm³/mol. The maximum Gasteiger partial charge on any atom is 0.282 e. The monoisotopic (exact) mass is 536 g/mol. The number of carbonyl (C=O) groups excluding carboxylic acids is 2. The molecule has 1 aliphatic heterocycles. The predicted octanol–water partition coefficient (Wildman–Crippen LogP) is 5.08. The van der Waals surface area contributed by atoms with Crippen molar-refractivity contribution in [2.75, 3.05) is 24.8 Å². The van der Waals surface area contributed by atoms with Gasteiger partial charge in [-0.25, -0.2) is 5.01 Å². The average Bonchev–Trinajstić information content (AvgIpc) is 3.13. The Hall–Kier alpha value is -3.78. The number of halogens is 1. The minimum absolute atomic E-state index is 0.0310. The van der Waals surface area contributed by atoms with Crippen molar-refractivity contribution in [3.05, 3.63) is 87.9 Å². The minimum atomic E-state index is -0.471. The maximum absolute atomic E-state index is 12.9. The number of rotatable bonds is 9. The van der Waals surface area contributed by atoms with E-state index >= 15 is 0 Å². The Labute approximate surface area is 212 Å². The van der Waals surface area contributed by atoms with Crippen LogP contribution in [0.25, 0.3) is 6.08 Å². The SMILES string of the molecule is CCOc1cc(/C=C2\C(=O)NN(c3ccccc3)C2=O)cc(Br)c1OCCOc1ccccc1C. The molecular weight excluding hydrogens is 512 g/mol. The topological polar surface area (TPSA) is 77.1 Å². The zero-order valence-electron chi connectivity index (χ0n) is 19.4. The van der Waals surface area contributed by atoms with E-state index in [-0.39, 0.29) is 5.57 Å². The van der Waals surface area contributed by atoms with E-state index in [1.807, 2.05) is 44.2 Å². The summed E-state index contributed by atoms with van der Waals surface area (Å²) in [6.07, 6.45) is 1.54. The zero-order chi connectivity index (χ0) is 24.8.